The number of rotatable bonds is 5. The number of nitrogens with one attached hydrogen (secondary N) is 2. The summed E-state index contributed by atoms with van der Waals surface area (Å²) in [4.78, 5) is 11.9. The lowest BCUT2D eigenvalue weighted by atomic mass is 10.1. The maximum atomic E-state index is 11.9. The number of amides is 1. The minimum atomic E-state index is -0.600. The highest BCUT2D eigenvalue weighted by Gasteiger charge is 2.18. The molecule has 100 valence electrons. The van der Waals surface area contributed by atoms with Crippen LogP contribution >= 0.6 is 0 Å². The monoisotopic (exact) mass is 260 g/mol. The van der Waals surface area contributed by atoms with Crippen molar-refractivity contribution >= 4 is 5.91 Å². The smallest absolute Gasteiger partial charge is 0.237 e. The second-order valence-corrected chi connectivity index (χ2v) is 4.30. The van der Waals surface area contributed by atoms with E-state index in [4.69, 9.17) is 5.73 Å². The molecule has 1 heterocycles. The molecule has 19 heavy (non-hydrogen) atoms. The summed E-state index contributed by atoms with van der Waals surface area (Å²) in [5.41, 5.74) is 6.90. The summed E-state index contributed by atoms with van der Waals surface area (Å²) in [6.07, 6.45) is 0.492. The summed E-state index contributed by atoms with van der Waals surface area (Å²) in [7, 11) is 0. The van der Waals surface area contributed by atoms with Crippen molar-refractivity contribution in [2.24, 2.45) is 5.73 Å². The van der Waals surface area contributed by atoms with Gasteiger partial charge < -0.3 is 11.1 Å². The van der Waals surface area contributed by atoms with Crippen molar-refractivity contribution in [2.45, 2.75) is 25.4 Å². The lowest BCUT2D eigenvalue weighted by Crippen LogP contribution is -2.43. The van der Waals surface area contributed by atoms with E-state index < -0.39 is 6.04 Å². The van der Waals surface area contributed by atoms with Crippen LogP contribution in [0.1, 0.15) is 24.4 Å². The highest BCUT2D eigenvalue weighted by atomic mass is 16.2. The molecule has 1 aromatic carbocycles. The van der Waals surface area contributed by atoms with E-state index in [1.807, 2.05) is 30.3 Å². The molecule has 1 amide bonds. The van der Waals surface area contributed by atoms with Crippen LogP contribution in [0.15, 0.2) is 30.3 Å². The summed E-state index contributed by atoms with van der Waals surface area (Å²) >= 11 is 0. The van der Waals surface area contributed by atoms with Gasteiger partial charge in [0.25, 0.3) is 0 Å². The SMILES string of the molecule is CC(NC(=O)C(N)Cc1ccccc1)c1nn[nH]n1. The van der Waals surface area contributed by atoms with Crippen LogP contribution in [0.5, 0.6) is 0 Å². The van der Waals surface area contributed by atoms with E-state index in [0.717, 1.165) is 5.56 Å². The van der Waals surface area contributed by atoms with Crippen LogP contribution in [-0.4, -0.2) is 32.6 Å². The highest BCUT2D eigenvalue weighted by Crippen LogP contribution is 2.06. The molecule has 2 rings (SSSR count). The Morgan fingerprint density at radius 3 is 2.79 bits per heavy atom. The summed E-state index contributed by atoms with van der Waals surface area (Å²) < 4.78 is 0. The molecule has 1 aromatic heterocycles. The van der Waals surface area contributed by atoms with E-state index in [9.17, 15) is 4.79 Å². The van der Waals surface area contributed by atoms with Crippen molar-refractivity contribution in [1.29, 1.82) is 0 Å². The fourth-order valence-electron chi connectivity index (χ4n) is 1.70. The molecule has 0 aliphatic rings. The van der Waals surface area contributed by atoms with E-state index in [-0.39, 0.29) is 11.9 Å². The van der Waals surface area contributed by atoms with Crippen LogP contribution in [0.2, 0.25) is 0 Å². The average Bonchev–Trinajstić information content (AvgIpc) is 2.93. The van der Waals surface area contributed by atoms with Gasteiger partial charge in [0.05, 0.1) is 12.1 Å². The van der Waals surface area contributed by atoms with Gasteiger partial charge in [0.15, 0.2) is 5.82 Å². The molecule has 0 radical (unpaired) electrons. The number of carbonyl (C=O) groups excluding carboxylic acids is 1. The Labute approximate surface area is 110 Å². The summed E-state index contributed by atoms with van der Waals surface area (Å²) in [6.45, 7) is 1.78. The molecule has 7 nitrogen and oxygen atoms in total. The van der Waals surface area contributed by atoms with Gasteiger partial charge in [-0.2, -0.15) is 5.21 Å². The number of hydrogen-bond donors (Lipinski definition) is 3. The number of hydrogen-bond acceptors (Lipinski definition) is 5. The summed E-state index contributed by atoms with van der Waals surface area (Å²) in [5, 5.41) is 16.2. The minimum absolute atomic E-state index is 0.235. The van der Waals surface area contributed by atoms with Crippen LogP contribution in [0.4, 0.5) is 0 Å². The first kappa shape index (κ1) is 13.2. The molecule has 2 atom stereocenters. The van der Waals surface area contributed by atoms with Crippen molar-refractivity contribution in [2.75, 3.05) is 0 Å². The predicted octanol–water partition coefficient (Wildman–Crippen LogP) is -0.0531. The number of carbonyl (C=O) groups is 1. The van der Waals surface area contributed by atoms with E-state index in [1.54, 1.807) is 6.92 Å². The molecule has 0 aliphatic heterocycles. The van der Waals surface area contributed by atoms with Crippen LogP contribution in [0.3, 0.4) is 0 Å². The molecule has 7 heteroatoms. The average molecular weight is 260 g/mol. The molecule has 0 fully saturated rings. The van der Waals surface area contributed by atoms with Crippen LogP contribution in [-0.2, 0) is 11.2 Å². The number of tetrazole rings is 1. The third-order valence-electron chi connectivity index (χ3n) is 2.74. The molecule has 0 saturated carbocycles. The lowest BCUT2D eigenvalue weighted by Gasteiger charge is -2.15. The first-order valence-corrected chi connectivity index (χ1v) is 6.00. The molecule has 0 aliphatic carbocycles. The molecule has 4 N–H and O–H groups in total. The molecular weight excluding hydrogens is 244 g/mol. The molecule has 2 unspecified atom stereocenters. The Kier molecular flexibility index (Phi) is 4.19. The molecule has 0 bridgehead atoms. The maximum absolute atomic E-state index is 11.9. The van der Waals surface area contributed by atoms with E-state index in [2.05, 4.69) is 25.9 Å². The number of aromatic nitrogens is 4. The number of nitrogens with two attached hydrogens (primary N) is 1. The van der Waals surface area contributed by atoms with Crippen LogP contribution < -0.4 is 11.1 Å². The lowest BCUT2D eigenvalue weighted by molar-refractivity contribution is -0.123. The Morgan fingerprint density at radius 2 is 2.16 bits per heavy atom. The Bertz CT molecular complexity index is 512. The van der Waals surface area contributed by atoms with Crippen molar-refractivity contribution < 1.29 is 4.79 Å². The zero-order chi connectivity index (χ0) is 13.7. The quantitative estimate of drug-likeness (QED) is 0.698. The van der Waals surface area contributed by atoms with Gasteiger partial charge in [-0.25, -0.2) is 0 Å². The van der Waals surface area contributed by atoms with Gasteiger partial charge in [-0.15, -0.1) is 10.2 Å². The van der Waals surface area contributed by atoms with Crippen molar-refractivity contribution in [1.82, 2.24) is 25.9 Å². The van der Waals surface area contributed by atoms with Crippen molar-refractivity contribution in [3.63, 3.8) is 0 Å². The fourth-order valence-corrected chi connectivity index (χ4v) is 1.70. The minimum Gasteiger partial charge on any atom is -0.345 e. The molecule has 0 saturated heterocycles. The third-order valence-corrected chi connectivity index (χ3v) is 2.74. The van der Waals surface area contributed by atoms with Crippen LogP contribution in [0.25, 0.3) is 0 Å². The number of benzene rings is 1. The number of nitrogens with zero attached hydrogens (tertiary/aromatic N) is 3. The van der Waals surface area contributed by atoms with Crippen molar-refractivity contribution in [3.05, 3.63) is 41.7 Å². The summed E-state index contributed by atoms with van der Waals surface area (Å²) in [6, 6.07) is 8.72. The summed E-state index contributed by atoms with van der Waals surface area (Å²) in [5.74, 6) is 0.196. The normalized spacial score (nSPS) is 13.8. The van der Waals surface area contributed by atoms with Gasteiger partial charge in [-0.05, 0) is 18.9 Å². The van der Waals surface area contributed by atoms with E-state index in [1.165, 1.54) is 0 Å². The Morgan fingerprint density at radius 1 is 1.42 bits per heavy atom. The van der Waals surface area contributed by atoms with Gasteiger partial charge in [0.2, 0.25) is 5.91 Å². The molecular formula is C12H16N6O. The maximum Gasteiger partial charge on any atom is 0.237 e. The van der Waals surface area contributed by atoms with E-state index >= 15 is 0 Å². The number of aromatic amines is 1. The second kappa shape index (κ2) is 6.05. The van der Waals surface area contributed by atoms with Gasteiger partial charge in [-0.1, -0.05) is 35.5 Å². The largest absolute Gasteiger partial charge is 0.345 e. The van der Waals surface area contributed by atoms with Gasteiger partial charge in [0.1, 0.15) is 0 Å². The highest BCUT2D eigenvalue weighted by molar-refractivity contribution is 5.82. The number of H-pyrrole nitrogens is 1. The van der Waals surface area contributed by atoms with Gasteiger partial charge in [0, 0.05) is 0 Å². The predicted molar refractivity (Wildman–Crippen MR) is 68.9 cm³/mol. The molecule has 0 spiro atoms. The van der Waals surface area contributed by atoms with Crippen molar-refractivity contribution in [3.8, 4) is 0 Å². The second-order valence-electron chi connectivity index (χ2n) is 4.30. The van der Waals surface area contributed by atoms with Crippen LogP contribution in [0, 0.1) is 0 Å². The first-order chi connectivity index (χ1) is 9.16. The zero-order valence-corrected chi connectivity index (χ0v) is 10.6. The van der Waals surface area contributed by atoms with Gasteiger partial charge >= 0.3 is 0 Å². The third kappa shape index (κ3) is 3.59. The Hall–Kier alpha value is -2.28. The van der Waals surface area contributed by atoms with Gasteiger partial charge in [-0.3, -0.25) is 4.79 Å². The molecule has 2 aromatic rings. The fraction of sp³-hybridized carbons (Fsp3) is 0.333. The Balaban J connectivity index is 1.89. The van der Waals surface area contributed by atoms with E-state index in [0.29, 0.717) is 12.2 Å². The zero-order valence-electron chi connectivity index (χ0n) is 10.6. The topological polar surface area (TPSA) is 110 Å². The standard InChI is InChI=1S/C12H16N6O/c1-8(11-15-17-18-16-11)14-12(19)10(13)7-9-5-3-2-4-6-9/h2-6,8,10H,7,13H2,1H3,(H,14,19)(H,15,16,17,18). The first-order valence-electron chi connectivity index (χ1n) is 6.00.